The van der Waals surface area contributed by atoms with Crippen molar-refractivity contribution in [1.82, 2.24) is 25.4 Å². The minimum Gasteiger partial charge on any atom is -0.350 e. The fourth-order valence-corrected chi connectivity index (χ4v) is 0.981. The number of carbonyl (C=O) groups excluding carboxylic acids is 1. The lowest BCUT2D eigenvalue weighted by Gasteiger charge is -2.04. The number of anilines is 1. The Kier molecular flexibility index (Phi) is 1.86. The maximum Gasteiger partial charge on any atom is 0.330 e. The number of aromatic amines is 1. The van der Waals surface area contributed by atoms with Crippen LogP contribution in [0.15, 0.2) is 12.7 Å². The second-order valence-electron chi connectivity index (χ2n) is 2.44. The number of hydrogen-bond donors (Lipinski definition) is 4. The maximum atomic E-state index is 10.4. The summed E-state index contributed by atoms with van der Waals surface area (Å²) < 4.78 is 0. The third-order valence-electron chi connectivity index (χ3n) is 1.53. The van der Waals surface area contributed by atoms with Gasteiger partial charge in [0.15, 0.2) is 11.5 Å². The highest BCUT2D eigenvalue weighted by Crippen LogP contribution is 2.12. The Balaban J connectivity index is 2.32. The van der Waals surface area contributed by atoms with Crippen LogP contribution in [-0.2, 0) is 0 Å². The van der Waals surface area contributed by atoms with Crippen LogP contribution in [0.4, 0.5) is 10.6 Å². The van der Waals surface area contributed by atoms with Crippen LogP contribution in [0.3, 0.4) is 0 Å². The Labute approximate surface area is 77.9 Å². The molecule has 5 N–H and O–H groups in total. The summed E-state index contributed by atoms with van der Waals surface area (Å²) in [5.74, 6) is 0.409. The normalized spacial score (nSPS) is 10.0. The van der Waals surface area contributed by atoms with Gasteiger partial charge in [-0.2, -0.15) is 0 Å². The summed E-state index contributed by atoms with van der Waals surface area (Å²) in [7, 11) is 0. The van der Waals surface area contributed by atoms with E-state index in [1.54, 1.807) is 0 Å². The molecule has 0 spiro atoms. The van der Waals surface area contributed by atoms with E-state index in [1.165, 1.54) is 12.7 Å². The number of fused-ring (bicyclic) bond motifs is 1. The number of hydrazine groups is 1. The highest BCUT2D eigenvalue weighted by atomic mass is 16.2. The Bertz CT molecular complexity index is 464. The molecule has 2 rings (SSSR count). The molecule has 0 aromatic carbocycles. The summed E-state index contributed by atoms with van der Waals surface area (Å²) in [6.07, 6.45) is 2.81. The number of amides is 2. The van der Waals surface area contributed by atoms with Gasteiger partial charge in [0.2, 0.25) is 0 Å². The minimum atomic E-state index is -0.698. The zero-order valence-electron chi connectivity index (χ0n) is 6.98. The predicted octanol–water partition coefficient (Wildman–Crippen LogP) is -0.652. The number of urea groups is 1. The zero-order chi connectivity index (χ0) is 9.97. The molecule has 2 aromatic heterocycles. The smallest absolute Gasteiger partial charge is 0.330 e. The molecule has 0 fully saturated rings. The number of aromatic nitrogens is 4. The fourth-order valence-electron chi connectivity index (χ4n) is 0.981. The van der Waals surface area contributed by atoms with Crippen molar-refractivity contribution >= 4 is 23.0 Å². The van der Waals surface area contributed by atoms with Crippen LogP contribution in [0.5, 0.6) is 0 Å². The summed E-state index contributed by atoms with van der Waals surface area (Å²) in [6, 6.07) is -0.698. The molecule has 8 nitrogen and oxygen atoms in total. The van der Waals surface area contributed by atoms with E-state index in [2.05, 4.69) is 30.8 Å². The molecule has 0 unspecified atom stereocenters. The SMILES string of the molecule is NC(=O)NNc1ncnc2nc[nH]c12. The lowest BCUT2D eigenvalue weighted by molar-refractivity contribution is 0.250. The van der Waals surface area contributed by atoms with Crippen LogP contribution in [0.1, 0.15) is 0 Å². The average molecular weight is 193 g/mol. The molecule has 2 aromatic rings. The predicted molar refractivity (Wildman–Crippen MR) is 48.0 cm³/mol. The van der Waals surface area contributed by atoms with E-state index >= 15 is 0 Å². The highest BCUT2D eigenvalue weighted by molar-refractivity contribution is 5.83. The lowest BCUT2D eigenvalue weighted by atomic mass is 10.5. The van der Waals surface area contributed by atoms with Crippen molar-refractivity contribution in [2.45, 2.75) is 0 Å². The monoisotopic (exact) mass is 193 g/mol. The number of nitrogens with zero attached hydrogens (tertiary/aromatic N) is 3. The van der Waals surface area contributed by atoms with Gasteiger partial charge in [-0.1, -0.05) is 0 Å². The number of hydrogen-bond acceptors (Lipinski definition) is 5. The van der Waals surface area contributed by atoms with Crippen LogP contribution in [-0.4, -0.2) is 26.0 Å². The van der Waals surface area contributed by atoms with Gasteiger partial charge in [-0.25, -0.2) is 19.7 Å². The van der Waals surface area contributed by atoms with Crippen LogP contribution >= 0.6 is 0 Å². The first-order chi connectivity index (χ1) is 6.77. The summed E-state index contributed by atoms with van der Waals surface area (Å²) >= 11 is 0. The molecule has 8 heteroatoms. The van der Waals surface area contributed by atoms with Gasteiger partial charge < -0.3 is 10.7 Å². The van der Waals surface area contributed by atoms with Crippen molar-refractivity contribution in [2.75, 3.05) is 5.43 Å². The van der Waals surface area contributed by atoms with Crippen LogP contribution < -0.4 is 16.6 Å². The Morgan fingerprint density at radius 1 is 1.43 bits per heavy atom. The van der Waals surface area contributed by atoms with E-state index in [0.717, 1.165) is 0 Å². The number of rotatable bonds is 2. The maximum absolute atomic E-state index is 10.4. The minimum absolute atomic E-state index is 0.409. The Hall–Kier alpha value is -2.38. The number of carbonyl (C=O) groups is 1. The first-order valence-corrected chi connectivity index (χ1v) is 3.73. The summed E-state index contributed by atoms with van der Waals surface area (Å²) in [5, 5.41) is 0. The molecule has 2 heterocycles. The van der Waals surface area contributed by atoms with E-state index < -0.39 is 6.03 Å². The molecule has 0 radical (unpaired) electrons. The van der Waals surface area contributed by atoms with Crippen molar-refractivity contribution in [3.05, 3.63) is 12.7 Å². The van der Waals surface area contributed by atoms with Gasteiger partial charge in [0.25, 0.3) is 0 Å². The molecule has 0 aliphatic rings. The molecule has 14 heavy (non-hydrogen) atoms. The first-order valence-electron chi connectivity index (χ1n) is 3.73. The third kappa shape index (κ3) is 1.40. The molecular formula is C6H7N7O. The lowest BCUT2D eigenvalue weighted by Crippen LogP contribution is -2.34. The zero-order valence-corrected chi connectivity index (χ0v) is 6.98. The van der Waals surface area contributed by atoms with Gasteiger partial charge in [0, 0.05) is 0 Å². The van der Waals surface area contributed by atoms with Crippen molar-refractivity contribution in [2.24, 2.45) is 5.73 Å². The highest BCUT2D eigenvalue weighted by Gasteiger charge is 2.04. The summed E-state index contributed by atoms with van der Waals surface area (Å²) in [6.45, 7) is 0. The standard InChI is InChI=1S/C6H7N7O/c7-6(14)13-12-5-3-4(9-1-8-3)10-2-11-5/h1-2H,(H3,7,13,14)(H2,8,9,10,11,12). The quantitative estimate of drug-likeness (QED) is 0.472. The van der Waals surface area contributed by atoms with E-state index in [4.69, 9.17) is 5.73 Å². The number of nitrogens with one attached hydrogen (secondary N) is 3. The Morgan fingerprint density at radius 2 is 2.29 bits per heavy atom. The average Bonchev–Trinajstić information content (AvgIpc) is 2.62. The van der Waals surface area contributed by atoms with E-state index in [-0.39, 0.29) is 0 Å². The van der Waals surface area contributed by atoms with Gasteiger partial charge in [0.05, 0.1) is 6.33 Å². The summed E-state index contributed by atoms with van der Waals surface area (Å²) in [4.78, 5) is 24.9. The van der Waals surface area contributed by atoms with Crippen molar-refractivity contribution in [3.8, 4) is 0 Å². The topological polar surface area (TPSA) is 122 Å². The third-order valence-corrected chi connectivity index (χ3v) is 1.53. The molecule has 0 atom stereocenters. The molecule has 72 valence electrons. The first kappa shape index (κ1) is 8.23. The molecule has 0 saturated heterocycles. The number of imidazole rings is 1. The largest absolute Gasteiger partial charge is 0.350 e. The molecule has 0 bridgehead atoms. The number of nitrogens with two attached hydrogens (primary N) is 1. The van der Waals surface area contributed by atoms with Gasteiger partial charge in [-0.15, -0.1) is 0 Å². The number of primary amides is 1. The molecule has 2 amide bonds. The fraction of sp³-hybridized carbons (Fsp3) is 0. The van der Waals surface area contributed by atoms with Crippen molar-refractivity contribution in [1.29, 1.82) is 0 Å². The van der Waals surface area contributed by atoms with Gasteiger partial charge >= 0.3 is 6.03 Å². The van der Waals surface area contributed by atoms with E-state index in [0.29, 0.717) is 17.0 Å². The molecule has 0 aliphatic carbocycles. The van der Waals surface area contributed by atoms with Gasteiger partial charge in [-0.3, -0.25) is 10.9 Å². The molecule has 0 aliphatic heterocycles. The van der Waals surface area contributed by atoms with Gasteiger partial charge in [-0.05, 0) is 0 Å². The second-order valence-corrected chi connectivity index (χ2v) is 2.44. The van der Waals surface area contributed by atoms with Crippen molar-refractivity contribution < 1.29 is 4.79 Å². The van der Waals surface area contributed by atoms with E-state index in [1.807, 2.05) is 0 Å². The van der Waals surface area contributed by atoms with Crippen LogP contribution in [0, 0.1) is 0 Å². The van der Waals surface area contributed by atoms with Crippen molar-refractivity contribution in [3.63, 3.8) is 0 Å². The van der Waals surface area contributed by atoms with Crippen LogP contribution in [0.2, 0.25) is 0 Å². The van der Waals surface area contributed by atoms with Crippen LogP contribution in [0.25, 0.3) is 11.2 Å². The van der Waals surface area contributed by atoms with Gasteiger partial charge in [0.1, 0.15) is 11.8 Å². The summed E-state index contributed by atoms with van der Waals surface area (Å²) in [5.41, 5.74) is 10.7. The van der Waals surface area contributed by atoms with E-state index in [9.17, 15) is 4.79 Å². The Morgan fingerprint density at radius 3 is 3.07 bits per heavy atom. The second kappa shape index (κ2) is 3.17. The molecular weight excluding hydrogens is 186 g/mol. The number of H-pyrrole nitrogens is 1. The molecule has 0 saturated carbocycles.